The maximum atomic E-state index is 13.3. The predicted molar refractivity (Wildman–Crippen MR) is 117 cm³/mol. The van der Waals surface area contributed by atoms with Crippen LogP contribution in [0.2, 0.25) is 0 Å². The van der Waals surface area contributed by atoms with E-state index in [1.165, 1.54) is 0 Å². The number of carbonyl (C=O) groups excluding carboxylic acids is 1. The molecule has 0 N–H and O–H groups in total. The Morgan fingerprint density at radius 2 is 1.90 bits per heavy atom. The number of hydrogen-bond acceptors (Lipinski definition) is 4. The van der Waals surface area contributed by atoms with E-state index >= 15 is 0 Å². The van der Waals surface area contributed by atoms with Crippen molar-refractivity contribution in [3.8, 4) is 11.3 Å². The van der Waals surface area contributed by atoms with Gasteiger partial charge in [0.25, 0.3) is 5.91 Å². The van der Waals surface area contributed by atoms with Gasteiger partial charge in [0.1, 0.15) is 0 Å². The van der Waals surface area contributed by atoms with Crippen molar-refractivity contribution in [2.75, 3.05) is 0 Å². The van der Waals surface area contributed by atoms with Gasteiger partial charge in [0, 0.05) is 59.4 Å². The average Bonchev–Trinajstić information content (AvgIpc) is 3.34. The molecule has 0 aliphatic carbocycles. The Balaban J connectivity index is 1.57. The van der Waals surface area contributed by atoms with Crippen LogP contribution in [-0.4, -0.2) is 35.1 Å². The van der Waals surface area contributed by atoms with Gasteiger partial charge in [0.2, 0.25) is 0 Å². The van der Waals surface area contributed by atoms with E-state index in [4.69, 9.17) is 5.10 Å². The van der Waals surface area contributed by atoms with Crippen LogP contribution in [0, 0.1) is 0 Å². The van der Waals surface area contributed by atoms with Gasteiger partial charge in [-0.05, 0) is 44.2 Å². The van der Waals surface area contributed by atoms with Crippen LogP contribution in [0.1, 0.15) is 47.2 Å². The maximum Gasteiger partial charge on any atom is 0.254 e. The second-order valence-corrected chi connectivity index (χ2v) is 8.10. The Morgan fingerprint density at radius 3 is 2.65 bits per heavy atom. The fourth-order valence-electron chi connectivity index (χ4n) is 4.15. The molecule has 31 heavy (non-hydrogen) atoms. The summed E-state index contributed by atoms with van der Waals surface area (Å²) < 4.78 is 4.15. The first kappa shape index (κ1) is 19.2. The summed E-state index contributed by atoms with van der Waals surface area (Å²) in [6.07, 6.45) is 9.24. The smallest absolute Gasteiger partial charge is 0.254 e. The first-order valence-corrected chi connectivity index (χ1v) is 10.5. The standard InChI is InChI=1S/C24H24N6O/c1-17(2)30-12-8-21-22(30)16-28(24(31)18-6-10-25-11-7-18)13-19-14-29(27-23(19)21)15-20-5-3-4-9-26-20/h3-12,14,17H,13,15-16H2,1-2H3. The topological polar surface area (TPSA) is 68.8 Å². The molecule has 0 saturated heterocycles. The van der Waals surface area contributed by atoms with E-state index in [0.717, 1.165) is 28.2 Å². The molecular formula is C24H24N6O. The summed E-state index contributed by atoms with van der Waals surface area (Å²) in [7, 11) is 0. The van der Waals surface area contributed by atoms with Crippen LogP contribution in [0.15, 0.2) is 67.4 Å². The van der Waals surface area contributed by atoms with E-state index in [0.29, 0.717) is 31.2 Å². The molecule has 4 aromatic rings. The van der Waals surface area contributed by atoms with Crippen LogP contribution in [0.25, 0.3) is 11.3 Å². The van der Waals surface area contributed by atoms with Crippen molar-refractivity contribution < 1.29 is 4.79 Å². The van der Waals surface area contributed by atoms with Crippen LogP contribution in [0.3, 0.4) is 0 Å². The van der Waals surface area contributed by atoms with E-state index in [2.05, 4.69) is 40.6 Å². The summed E-state index contributed by atoms with van der Waals surface area (Å²) in [4.78, 5) is 23.7. The summed E-state index contributed by atoms with van der Waals surface area (Å²) in [5, 5.41) is 4.90. The molecule has 0 atom stereocenters. The van der Waals surface area contributed by atoms with E-state index in [-0.39, 0.29) is 5.91 Å². The Labute approximate surface area is 181 Å². The van der Waals surface area contributed by atoms with Crippen molar-refractivity contribution in [1.82, 2.24) is 29.2 Å². The van der Waals surface area contributed by atoms with Gasteiger partial charge in [-0.2, -0.15) is 5.10 Å². The van der Waals surface area contributed by atoms with Crippen LogP contribution < -0.4 is 0 Å². The molecule has 1 amide bonds. The molecule has 1 aliphatic heterocycles. The molecule has 156 valence electrons. The zero-order valence-electron chi connectivity index (χ0n) is 17.6. The van der Waals surface area contributed by atoms with Gasteiger partial charge in [-0.3, -0.25) is 19.4 Å². The van der Waals surface area contributed by atoms with Gasteiger partial charge in [-0.25, -0.2) is 0 Å². The highest BCUT2D eigenvalue weighted by Gasteiger charge is 2.28. The first-order valence-electron chi connectivity index (χ1n) is 10.5. The molecule has 0 bridgehead atoms. The highest BCUT2D eigenvalue weighted by Crippen LogP contribution is 2.34. The lowest BCUT2D eigenvalue weighted by atomic mass is 10.1. The number of pyridine rings is 2. The number of carbonyl (C=O) groups is 1. The summed E-state index contributed by atoms with van der Waals surface area (Å²) in [6.45, 7) is 5.94. The van der Waals surface area contributed by atoms with E-state index in [1.807, 2.05) is 34.0 Å². The van der Waals surface area contributed by atoms with Crippen molar-refractivity contribution in [1.29, 1.82) is 0 Å². The molecule has 7 heteroatoms. The molecule has 7 nitrogen and oxygen atoms in total. The molecule has 0 radical (unpaired) electrons. The number of hydrogen-bond donors (Lipinski definition) is 0. The molecule has 0 saturated carbocycles. The van der Waals surface area contributed by atoms with Crippen LogP contribution >= 0.6 is 0 Å². The van der Waals surface area contributed by atoms with Gasteiger partial charge in [0.05, 0.1) is 31.0 Å². The molecule has 0 spiro atoms. The quantitative estimate of drug-likeness (QED) is 0.509. The highest BCUT2D eigenvalue weighted by molar-refractivity contribution is 5.94. The van der Waals surface area contributed by atoms with Gasteiger partial charge in [-0.1, -0.05) is 6.07 Å². The number of fused-ring (bicyclic) bond motifs is 3. The van der Waals surface area contributed by atoms with Crippen molar-refractivity contribution in [3.05, 3.63) is 89.9 Å². The second-order valence-electron chi connectivity index (χ2n) is 8.10. The van der Waals surface area contributed by atoms with Crippen LogP contribution in [0.5, 0.6) is 0 Å². The maximum absolute atomic E-state index is 13.3. The highest BCUT2D eigenvalue weighted by atomic mass is 16.2. The van der Waals surface area contributed by atoms with Gasteiger partial charge in [0.15, 0.2) is 0 Å². The SMILES string of the molecule is CC(C)n1ccc2c1CN(C(=O)c1ccncc1)Cc1cn(Cc3ccccn3)nc1-2. The van der Waals surface area contributed by atoms with Gasteiger partial charge < -0.3 is 9.47 Å². The molecular weight excluding hydrogens is 388 g/mol. The van der Waals surface area contributed by atoms with Crippen LogP contribution in [-0.2, 0) is 19.6 Å². The molecule has 5 rings (SSSR count). The minimum absolute atomic E-state index is 0.00446. The zero-order chi connectivity index (χ0) is 21.4. The zero-order valence-corrected chi connectivity index (χ0v) is 17.6. The average molecular weight is 412 g/mol. The van der Waals surface area contributed by atoms with E-state index in [9.17, 15) is 4.79 Å². The largest absolute Gasteiger partial charge is 0.347 e. The summed E-state index contributed by atoms with van der Waals surface area (Å²) >= 11 is 0. The molecule has 0 unspecified atom stereocenters. The van der Waals surface area contributed by atoms with E-state index in [1.54, 1.807) is 30.7 Å². The summed E-state index contributed by atoms with van der Waals surface area (Å²) in [6, 6.07) is 11.8. The van der Waals surface area contributed by atoms with Crippen molar-refractivity contribution in [2.24, 2.45) is 0 Å². The number of nitrogens with zero attached hydrogens (tertiary/aromatic N) is 6. The van der Waals surface area contributed by atoms with Crippen molar-refractivity contribution in [2.45, 2.75) is 39.5 Å². The molecule has 5 heterocycles. The van der Waals surface area contributed by atoms with E-state index < -0.39 is 0 Å². The third kappa shape index (κ3) is 3.63. The molecule has 1 aliphatic rings. The van der Waals surface area contributed by atoms with Gasteiger partial charge >= 0.3 is 0 Å². The minimum Gasteiger partial charge on any atom is -0.347 e. The van der Waals surface area contributed by atoms with Crippen molar-refractivity contribution >= 4 is 5.91 Å². The monoisotopic (exact) mass is 412 g/mol. The molecule has 4 aromatic heterocycles. The third-order valence-electron chi connectivity index (χ3n) is 5.64. The Bertz CT molecular complexity index is 1210. The predicted octanol–water partition coefficient (Wildman–Crippen LogP) is 3.93. The van der Waals surface area contributed by atoms with Gasteiger partial charge in [-0.15, -0.1) is 0 Å². The number of aromatic nitrogens is 5. The Hall–Kier alpha value is -3.74. The summed E-state index contributed by atoms with van der Waals surface area (Å²) in [5.74, 6) is -0.00446. The lowest BCUT2D eigenvalue weighted by Gasteiger charge is -2.23. The second kappa shape index (κ2) is 7.83. The lowest BCUT2D eigenvalue weighted by Crippen LogP contribution is -2.30. The summed E-state index contributed by atoms with van der Waals surface area (Å²) in [5.41, 5.74) is 5.77. The Kier molecular flexibility index (Phi) is 4.86. The number of amides is 1. The fraction of sp³-hybridized carbons (Fsp3) is 0.250. The third-order valence-corrected chi connectivity index (χ3v) is 5.64. The lowest BCUT2D eigenvalue weighted by molar-refractivity contribution is 0.0727. The fourth-order valence-corrected chi connectivity index (χ4v) is 4.15. The number of rotatable bonds is 4. The van der Waals surface area contributed by atoms with Crippen LogP contribution in [0.4, 0.5) is 0 Å². The normalized spacial score (nSPS) is 13.1. The minimum atomic E-state index is -0.00446. The first-order chi connectivity index (χ1) is 15.1. The molecule has 0 fully saturated rings. The Morgan fingerprint density at radius 1 is 1.06 bits per heavy atom. The molecule has 0 aromatic carbocycles. The van der Waals surface area contributed by atoms with Crippen molar-refractivity contribution in [3.63, 3.8) is 0 Å².